The van der Waals surface area contributed by atoms with Crippen LogP contribution in [0.1, 0.15) is 27.2 Å². The highest BCUT2D eigenvalue weighted by molar-refractivity contribution is 7.90. The summed E-state index contributed by atoms with van der Waals surface area (Å²) in [6.45, 7) is 12.1. The maximum Gasteiger partial charge on any atom is 0.221 e. The molecule has 1 aliphatic heterocycles. The number of carbonyl (C=O) groups is 1. The topological polar surface area (TPSA) is 69.7 Å². The van der Waals surface area contributed by atoms with E-state index in [1.807, 2.05) is 0 Å². The molecule has 0 bridgehead atoms. The van der Waals surface area contributed by atoms with E-state index in [9.17, 15) is 13.2 Å². The van der Waals surface area contributed by atoms with E-state index in [1.54, 1.807) is 0 Å². The van der Waals surface area contributed by atoms with Crippen molar-refractivity contribution in [3.8, 4) is 0 Å². The molecule has 0 radical (unpaired) electrons. The molecule has 0 unspecified atom stereocenters. The lowest BCUT2D eigenvalue weighted by Gasteiger charge is -2.44. The molecule has 1 N–H and O–H groups in total. The first-order chi connectivity index (χ1) is 9.64. The zero-order valence-electron chi connectivity index (χ0n) is 13.7. The van der Waals surface area contributed by atoms with Gasteiger partial charge in [-0.25, -0.2) is 8.42 Å². The molecule has 0 aromatic heterocycles. The second-order valence-corrected chi connectivity index (χ2v) is 8.65. The summed E-state index contributed by atoms with van der Waals surface area (Å²) in [5.74, 6) is -0.283. The monoisotopic (exact) mass is 319 g/mol. The van der Waals surface area contributed by atoms with Crippen molar-refractivity contribution in [3.63, 3.8) is 0 Å². The summed E-state index contributed by atoms with van der Waals surface area (Å²) in [7, 11) is -3.08. The van der Waals surface area contributed by atoms with Crippen molar-refractivity contribution in [1.29, 1.82) is 0 Å². The van der Waals surface area contributed by atoms with Crippen molar-refractivity contribution in [2.45, 2.75) is 32.7 Å². The standard InChI is InChI=1S/C14H29N3O3S/c1-5-16-7-9-17(10-8-16)14(2,3)12-15-13(18)6-11-21(4,19)20/h5-12H2,1-4H3,(H,15,18). The summed E-state index contributed by atoms with van der Waals surface area (Å²) in [5, 5.41) is 2.86. The molecule has 124 valence electrons. The number of nitrogens with zero attached hydrogens (tertiary/aromatic N) is 2. The number of amides is 1. The van der Waals surface area contributed by atoms with E-state index >= 15 is 0 Å². The Labute approximate surface area is 128 Å². The van der Waals surface area contributed by atoms with Crippen LogP contribution in [0.2, 0.25) is 0 Å². The van der Waals surface area contributed by atoms with Gasteiger partial charge in [-0.15, -0.1) is 0 Å². The Morgan fingerprint density at radius 1 is 1.19 bits per heavy atom. The Bertz CT molecular complexity index is 440. The number of likely N-dealkylation sites (N-methyl/N-ethyl adjacent to an activating group) is 1. The van der Waals surface area contributed by atoms with Crippen LogP contribution in [0.5, 0.6) is 0 Å². The van der Waals surface area contributed by atoms with E-state index in [1.165, 1.54) is 0 Å². The fraction of sp³-hybridized carbons (Fsp3) is 0.929. The van der Waals surface area contributed by atoms with E-state index in [4.69, 9.17) is 0 Å². The van der Waals surface area contributed by atoms with Gasteiger partial charge in [-0.05, 0) is 20.4 Å². The lowest BCUT2D eigenvalue weighted by atomic mass is 10.0. The zero-order valence-corrected chi connectivity index (χ0v) is 14.5. The Morgan fingerprint density at radius 3 is 2.24 bits per heavy atom. The van der Waals surface area contributed by atoms with Gasteiger partial charge in [-0.2, -0.15) is 0 Å². The summed E-state index contributed by atoms with van der Waals surface area (Å²) in [6, 6.07) is 0. The number of rotatable bonds is 7. The highest BCUT2D eigenvalue weighted by Crippen LogP contribution is 2.16. The van der Waals surface area contributed by atoms with Gasteiger partial charge in [-0.3, -0.25) is 9.69 Å². The molecule has 1 fully saturated rings. The van der Waals surface area contributed by atoms with Crippen LogP contribution in [0.25, 0.3) is 0 Å². The molecule has 1 amide bonds. The van der Waals surface area contributed by atoms with Gasteiger partial charge in [0.15, 0.2) is 0 Å². The third-order valence-electron chi connectivity index (χ3n) is 4.09. The van der Waals surface area contributed by atoms with E-state index in [0.29, 0.717) is 6.54 Å². The summed E-state index contributed by atoms with van der Waals surface area (Å²) < 4.78 is 22.1. The molecular formula is C14H29N3O3S. The summed E-state index contributed by atoms with van der Waals surface area (Å²) >= 11 is 0. The molecule has 21 heavy (non-hydrogen) atoms. The van der Waals surface area contributed by atoms with Crippen LogP contribution in [-0.4, -0.2) is 80.9 Å². The highest BCUT2D eigenvalue weighted by Gasteiger charge is 2.29. The molecule has 0 aromatic rings. The van der Waals surface area contributed by atoms with Crippen molar-refractivity contribution in [2.75, 3.05) is 51.3 Å². The van der Waals surface area contributed by atoms with Crippen LogP contribution in [0.15, 0.2) is 0 Å². The predicted molar refractivity (Wildman–Crippen MR) is 85.1 cm³/mol. The number of sulfone groups is 1. The molecule has 0 aliphatic carbocycles. The Balaban J connectivity index is 2.37. The number of hydrogen-bond donors (Lipinski definition) is 1. The largest absolute Gasteiger partial charge is 0.354 e. The second-order valence-electron chi connectivity index (χ2n) is 6.39. The number of hydrogen-bond acceptors (Lipinski definition) is 5. The molecular weight excluding hydrogens is 290 g/mol. The fourth-order valence-corrected chi connectivity index (χ4v) is 3.02. The van der Waals surface area contributed by atoms with Gasteiger partial charge in [0.2, 0.25) is 5.91 Å². The van der Waals surface area contributed by atoms with Crippen LogP contribution >= 0.6 is 0 Å². The van der Waals surface area contributed by atoms with Crippen molar-refractivity contribution in [1.82, 2.24) is 15.1 Å². The molecule has 1 aliphatic rings. The minimum Gasteiger partial charge on any atom is -0.354 e. The minimum absolute atomic E-state index is 0.0402. The normalized spacial score (nSPS) is 18.7. The van der Waals surface area contributed by atoms with Gasteiger partial charge >= 0.3 is 0 Å². The van der Waals surface area contributed by atoms with Gasteiger partial charge in [0.25, 0.3) is 0 Å². The average Bonchev–Trinajstić information content (AvgIpc) is 2.42. The van der Waals surface area contributed by atoms with Crippen LogP contribution in [0, 0.1) is 0 Å². The maximum atomic E-state index is 11.7. The first kappa shape index (κ1) is 18.4. The molecule has 0 aromatic carbocycles. The molecule has 6 nitrogen and oxygen atoms in total. The molecule has 1 heterocycles. The van der Waals surface area contributed by atoms with Crippen LogP contribution in [0.3, 0.4) is 0 Å². The van der Waals surface area contributed by atoms with E-state index in [2.05, 4.69) is 35.9 Å². The molecule has 0 atom stereocenters. The lowest BCUT2D eigenvalue weighted by molar-refractivity contribution is -0.121. The van der Waals surface area contributed by atoms with Gasteiger partial charge < -0.3 is 10.2 Å². The minimum atomic E-state index is -3.08. The van der Waals surface area contributed by atoms with Gasteiger partial charge in [0, 0.05) is 50.9 Å². The smallest absolute Gasteiger partial charge is 0.221 e. The fourth-order valence-electron chi connectivity index (χ4n) is 2.46. The predicted octanol–water partition coefficient (Wildman–Crippen LogP) is -0.0466. The van der Waals surface area contributed by atoms with Crippen LogP contribution in [-0.2, 0) is 14.6 Å². The molecule has 1 rings (SSSR count). The van der Waals surface area contributed by atoms with Crippen molar-refractivity contribution in [3.05, 3.63) is 0 Å². The first-order valence-corrected chi connectivity index (χ1v) is 9.62. The summed E-state index contributed by atoms with van der Waals surface area (Å²) in [6.07, 6.45) is 1.19. The Morgan fingerprint density at radius 2 is 1.76 bits per heavy atom. The first-order valence-electron chi connectivity index (χ1n) is 7.56. The van der Waals surface area contributed by atoms with Gasteiger partial charge in [0.1, 0.15) is 9.84 Å². The van der Waals surface area contributed by atoms with Gasteiger partial charge in [-0.1, -0.05) is 6.92 Å². The van der Waals surface area contributed by atoms with E-state index in [-0.39, 0.29) is 23.6 Å². The van der Waals surface area contributed by atoms with Crippen molar-refractivity contribution >= 4 is 15.7 Å². The van der Waals surface area contributed by atoms with E-state index in [0.717, 1.165) is 39.0 Å². The second kappa shape index (κ2) is 7.56. The van der Waals surface area contributed by atoms with Crippen LogP contribution < -0.4 is 5.32 Å². The summed E-state index contributed by atoms with van der Waals surface area (Å²) in [4.78, 5) is 16.5. The van der Waals surface area contributed by atoms with Crippen LogP contribution in [0.4, 0.5) is 0 Å². The molecule has 0 saturated carbocycles. The zero-order chi connectivity index (χ0) is 16.1. The highest BCUT2D eigenvalue weighted by atomic mass is 32.2. The van der Waals surface area contributed by atoms with Gasteiger partial charge in [0.05, 0.1) is 5.75 Å². The van der Waals surface area contributed by atoms with E-state index < -0.39 is 9.84 Å². The number of carbonyl (C=O) groups excluding carboxylic acids is 1. The molecule has 0 spiro atoms. The SMILES string of the molecule is CCN1CCN(C(C)(C)CNC(=O)CCS(C)(=O)=O)CC1. The quantitative estimate of drug-likeness (QED) is 0.713. The van der Waals surface area contributed by atoms with Crippen molar-refractivity contribution < 1.29 is 13.2 Å². The average molecular weight is 319 g/mol. The number of piperazine rings is 1. The Hall–Kier alpha value is -0.660. The molecule has 1 saturated heterocycles. The third-order valence-corrected chi connectivity index (χ3v) is 5.04. The van der Waals surface area contributed by atoms with Crippen molar-refractivity contribution in [2.24, 2.45) is 0 Å². The Kier molecular flexibility index (Phi) is 6.62. The molecule has 7 heteroatoms. The maximum absolute atomic E-state index is 11.7. The third kappa shape index (κ3) is 6.76. The number of nitrogens with one attached hydrogen (secondary N) is 1. The lowest BCUT2D eigenvalue weighted by Crippen LogP contribution is -2.58. The summed E-state index contributed by atoms with van der Waals surface area (Å²) in [5.41, 5.74) is -0.111.